The van der Waals surface area contributed by atoms with Crippen LogP contribution >= 0.6 is 0 Å². The van der Waals surface area contributed by atoms with Gasteiger partial charge in [0.2, 0.25) is 0 Å². The van der Waals surface area contributed by atoms with Crippen molar-refractivity contribution in [2.24, 2.45) is 4.99 Å². The summed E-state index contributed by atoms with van der Waals surface area (Å²) in [6.45, 7) is 4.99. The van der Waals surface area contributed by atoms with Crippen molar-refractivity contribution in [3.8, 4) is 0 Å². The minimum absolute atomic E-state index is 0.102. The van der Waals surface area contributed by atoms with E-state index < -0.39 is 0 Å². The first-order valence-electron chi connectivity index (χ1n) is 8.58. The molecule has 0 aromatic carbocycles. The summed E-state index contributed by atoms with van der Waals surface area (Å²) in [4.78, 5) is 4.57. The summed E-state index contributed by atoms with van der Waals surface area (Å²) in [5, 5.41) is 9.38. The molecule has 0 aromatic rings. The van der Waals surface area contributed by atoms with E-state index in [9.17, 15) is 5.11 Å². The lowest BCUT2D eigenvalue weighted by molar-refractivity contribution is 0.153. The van der Waals surface area contributed by atoms with Gasteiger partial charge >= 0.3 is 0 Å². The third kappa shape index (κ3) is 6.25. The van der Waals surface area contributed by atoms with Crippen molar-refractivity contribution in [1.29, 1.82) is 0 Å². The van der Waals surface area contributed by atoms with Crippen molar-refractivity contribution in [3.05, 3.63) is 0 Å². The Labute approximate surface area is 124 Å². The third-order valence-corrected chi connectivity index (χ3v) is 4.32. The second kappa shape index (κ2) is 10.2. The zero-order valence-electron chi connectivity index (χ0n) is 13.5. The van der Waals surface area contributed by atoms with E-state index in [1.54, 1.807) is 0 Å². The van der Waals surface area contributed by atoms with Gasteiger partial charge in [0.25, 0.3) is 0 Å². The van der Waals surface area contributed by atoms with Crippen LogP contribution in [0, 0.1) is 0 Å². The number of aliphatic hydroxyl groups is 1. The Morgan fingerprint density at radius 2 is 1.60 bits per heavy atom. The fraction of sp³-hybridized carbons (Fsp3) is 0.941. The van der Waals surface area contributed by atoms with Gasteiger partial charge in [0.1, 0.15) is 12.1 Å². The molecule has 0 unspecified atom stereocenters. The zero-order valence-corrected chi connectivity index (χ0v) is 13.5. The van der Waals surface area contributed by atoms with Crippen LogP contribution in [-0.4, -0.2) is 29.8 Å². The third-order valence-electron chi connectivity index (χ3n) is 4.32. The molecule has 1 rings (SSSR count). The summed E-state index contributed by atoms with van der Waals surface area (Å²) in [5.41, 5.74) is -0.339. The number of hydrogen-bond acceptors (Lipinski definition) is 3. The van der Waals surface area contributed by atoms with Gasteiger partial charge in [-0.15, -0.1) is 0 Å². The molecule has 0 fully saturated rings. The first-order valence-corrected chi connectivity index (χ1v) is 8.58. The molecule has 0 amide bonds. The topological polar surface area (TPSA) is 41.8 Å². The van der Waals surface area contributed by atoms with Crippen molar-refractivity contribution < 1.29 is 9.84 Å². The van der Waals surface area contributed by atoms with E-state index in [4.69, 9.17) is 4.74 Å². The van der Waals surface area contributed by atoms with Gasteiger partial charge in [0.15, 0.2) is 5.90 Å². The normalized spacial score (nSPS) is 21.9. The number of hydrogen-bond donors (Lipinski definition) is 1. The van der Waals surface area contributed by atoms with E-state index in [0.29, 0.717) is 6.61 Å². The fourth-order valence-electron chi connectivity index (χ4n) is 2.64. The first kappa shape index (κ1) is 17.5. The molecule has 3 nitrogen and oxygen atoms in total. The number of aliphatic imine (C=N–C) groups is 1. The molecule has 1 N–H and O–H groups in total. The van der Waals surface area contributed by atoms with Crippen LogP contribution in [0.25, 0.3) is 0 Å². The summed E-state index contributed by atoms with van der Waals surface area (Å²) < 4.78 is 5.61. The van der Waals surface area contributed by atoms with Crippen LogP contribution in [0.2, 0.25) is 0 Å². The van der Waals surface area contributed by atoms with E-state index in [2.05, 4.69) is 18.8 Å². The molecule has 20 heavy (non-hydrogen) atoms. The quantitative estimate of drug-likeness (QED) is 0.537. The Bertz CT molecular complexity index is 272. The number of nitrogens with zero attached hydrogens (tertiary/aromatic N) is 1. The van der Waals surface area contributed by atoms with Gasteiger partial charge in [0, 0.05) is 6.42 Å². The van der Waals surface area contributed by atoms with E-state index >= 15 is 0 Å². The monoisotopic (exact) mass is 283 g/mol. The molecular weight excluding hydrogens is 250 g/mol. The van der Waals surface area contributed by atoms with Crippen molar-refractivity contribution in [2.75, 3.05) is 13.2 Å². The second-order valence-corrected chi connectivity index (χ2v) is 6.11. The Balaban J connectivity index is 1.99. The predicted octanol–water partition coefficient (Wildman–Crippen LogP) is 4.48. The maximum atomic E-state index is 9.38. The van der Waals surface area contributed by atoms with Crippen molar-refractivity contribution in [3.63, 3.8) is 0 Å². The van der Waals surface area contributed by atoms with Crippen LogP contribution in [0.4, 0.5) is 0 Å². The molecule has 118 valence electrons. The molecule has 0 bridgehead atoms. The highest BCUT2D eigenvalue weighted by Gasteiger charge is 2.33. The van der Waals surface area contributed by atoms with E-state index in [0.717, 1.165) is 18.7 Å². The average molecular weight is 283 g/mol. The second-order valence-electron chi connectivity index (χ2n) is 6.11. The maximum Gasteiger partial charge on any atom is 0.184 e. The van der Waals surface area contributed by atoms with Crippen molar-refractivity contribution >= 4 is 5.90 Å². The first-order chi connectivity index (χ1) is 9.76. The molecule has 0 saturated heterocycles. The molecule has 1 atom stereocenters. The fourth-order valence-corrected chi connectivity index (χ4v) is 2.64. The van der Waals surface area contributed by atoms with Gasteiger partial charge < -0.3 is 9.84 Å². The number of aliphatic hydroxyl groups excluding tert-OH is 1. The Morgan fingerprint density at radius 3 is 2.10 bits per heavy atom. The largest absolute Gasteiger partial charge is 0.478 e. The summed E-state index contributed by atoms with van der Waals surface area (Å²) in [7, 11) is 0. The van der Waals surface area contributed by atoms with Crippen LogP contribution in [0.15, 0.2) is 4.99 Å². The van der Waals surface area contributed by atoms with Crippen LogP contribution < -0.4 is 0 Å². The molecule has 0 aromatic heterocycles. The molecule has 1 aliphatic heterocycles. The maximum absolute atomic E-state index is 9.38. The molecule has 3 heteroatoms. The summed E-state index contributed by atoms with van der Waals surface area (Å²) in [6.07, 6.45) is 13.8. The molecule has 1 heterocycles. The van der Waals surface area contributed by atoms with Gasteiger partial charge in [-0.05, 0) is 12.8 Å². The zero-order chi connectivity index (χ0) is 14.7. The lowest BCUT2D eigenvalue weighted by atomic mass is 10.0. The summed E-state index contributed by atoms with van der Waals surface area (Å²) >= 11 is 0. The van der Waals surface area contributed by atoms with Gasteiger partial charge in [0.05, 0.1) is 6.61 Å². The number of rotatable bonds is 12. The van der Waals surface area contributed by atoms with Crippen molar-refractivity contribution in [1.82, 2.24) is 0 Å². The van der Waals surface area contributed by atoms with Gasteiger partial charge in [-0.25, -0.2) is 4.99 Å². The lowest BCUT2D eigenvalue weighted by Crippen LogP contribution is -2.31. The van der Waals surface area contributed by atoms with Crippen molar-refractivity contribution in [2.45, 2.75) is 90.0 Å². The minimum Gasteiger partial charge on any atom is -0.478 e. The van der Waals surface area contributed by atoms with Gasteiger partial charge in [-0.3, -0.25) is 0 Å². The minimum atomic E-state index is -0.339. The van der Waals surface area contributed by atoms with Gasteiger partial charge in [-0.2, -0.15) is 0 Å². The Hall–Kier alpha value is -0.570. The molecule has 0 radical (unpaired) electrons. The van der Waals surface area contributed by atoms with E-state index in [1.807, 2.05) is 0 Å². The summed E-state index contributed by atoms with van der Waals surface area (Å²) in [5.74, 6) is 0.865. The van der Waals surface area contributed by atoms with Crippen LogP contribution in [0.3, 0.4) is 0 Å². The average Bonchev–Trinajstić information content (AvgIpc) is 2.90. The molecule has 0 spiro atoms. The van der Waals surface area contributed by atoms with Crippen LogP contribution in [-0.2, 0) is 4.74 Å². The predicted molar refractivity (Wildman–Crippen MR) is 85.3 cm³/mol. The Morgan fingerprint density at radius 1 is 1.00 bits per heavy atom. The smallest absolute Gasteiger partial charge is 0.184 e. The highest BCUT2D eigenvalue weighted by molar-refractivity contribution is 5.78. The van der Waals surface area contributed by atoms with E-state index in [-0.39, 0.29) is 12.1 Å². The molecule has 0 saturated carbocycles. The highest BCUT2D eigenvalue weighted by atomic mass is 16.5. The standard InChI is InChI=1S/C17H33NO2/c1-3-5-6-7-8-9-10-11-12-13-16-18-17(4-2,14-19)15-20-16/h19H,3-15H2,1-2H3/t17-/m1/s1. The van der Waals surface area contributed by atoms with E-state index in [1.165, 1.54) is 57.8 Å². The van der Waals surface area contributed by atoms with Crippen LogP contribution in [0.1, 0.15) is 84.5 Å². The highest BCUT2D eigenvalue weighted by Crippen LogP contribution is 2.24. The SMILES string of the molecule is CCCCCCCCCCCC1=N[C@](CC)(CO)CO1. The number of ether oxygens (including phenoxy) is 1. The number of unbranched alkanes of at least 4 members (excludes halogenated alkanes) is 8. The molecular formula is C17H33NO2. The Kier molecular flexibility index (Phi) is 8.92. The lowest BCUT2D eigenvalue weighted by Gasteiger charge is -2.17. The summed E-state index contributed by atoms with van der Waals surface area (Å²) in [6, 6.07) is 0. The van der Waals surface area contributed by atoms with Gasteiger partial charge in [-0.1, -0.05) is 65.2 Å². The van der Waals surface area contributed by atoms with Crippen LogP contribution in [0.5, 0.6) is 0 Å². The molecule has 1 aliphatic rings. The molecule has 0 aliphatic carbocycles.